The molecule has 0 radical (unpaired) electrons. The van der Waals surface area contributed by atoms with Crippen LogP contribution in [0.4, 0.5) is 0 Å². The van der Waals surface area contributed by atoms with E-state index in [1.165, 1.54) is 24.3 Å². The number of ether oxygens (including phenoxy) is 1. The van der Waals surface area contributed by atoms with Crippen LogP contribution in [-0.4, -0.2) is 27.1 Å². The summed E-state index contributed by atoms with van der Waals surface area (Å²) in [4.78, 5) is 26.1. The van der Waals surface area contributed by atoms with Gasteiger partial charge in [-0.2, -0.15) is 0 Å². The zero-order valence-corrected chi connectivity index (χ0v) is 23.3. The molecule has 5 N–H and O–H groups in total. The lowest BCUT2D eigenvalue weighted by Gasteiger charge is -2.20. The Morgan fingerprint density at radius 1 is 0.762 bits per heavy atom. The summed E-state index contributed by atoms with van der Waals surface area (Å²) in [6.45, 7) is 4.64. The molecule has 4 aromatic carbocycles. The number of phenols is 3. The van der Waals surface area contributed by atoms with Gasteiger partial charge in [-0.3, -0.25) is 9.59 Å². The van der Waals surface area contributed by atoms with E-state index in [9.17, 15) is 24.9 Å². The van der Waals surface area contributed by atoms with Crippen molar-refractivity contribution in [1.29, 1.82) is 0 Å². The third-order valence-electron chi connectivity index (χ3n) is 7.22. The Bertz CT molecular complexity index is 1640. The van der Waals surface area contributed by atoms with E-state index in [0.717, 1.165) is 22.3 Å². The van der Waals surface area contributed by atoms with Gasteiger partial charge in [0.15, 0.2) is 23.0 Å². The maximum absolute atomic E-state index is 13.6. The third kappa shape index (κ3) is 6.39. The van der Waals surface area contributed by atoms with Crippen molar-refractivity contribution in [1.82, 2.24) is 10.6 Å². The number of aryl methyl sites for hydroxylation is 2. The van der Waals surface area contributed by atoms with E-state index >= 15 is 0 Å². The van der Waals surface area contributed by atoms with Crippen LogP contribution in [0, 0.1) is 13.8 Å². The highest BCUT2D eigenvalue weighted by atomic mass is 16.5. The maximum Gasteiger partial charge on any atom is 0.244 e. The van der Waals surface area contributed by atoms with Gasteiger partial charge in [-0.25, -0.2) is 0 Å². The number of nitrogens with one attached hydrogen (secondary N) is 2. The number of carbonyl (C=O) groups is 2. The summed E-state index contributed by atoms with van der Waals surface area (Å²) in [6, 6.07) is 23.0. The molecule has 1 aliphatic rings. The lowest BCUT2D eigenvalue weighted by molar-refractivity contribution is -0.124. The minimum atomic E-state index is -0.885. The van der Waals surface area contributed by atoms with Crippen LogP contribution in [0.2, 0.25) is 0 Å². The number of benzene rings is 4. The van der Waals surface area contributed by atoms with Crippen molar-refractivity contribution < 1.29 is 29.6 Å². The van der Waals surface area contributed by atoms with Gasteiger partial charge in [0.05, 0.1) is 0 Å². The van der Waals surface area contributed by atoms with Crippen molar-refractivity contribution >= 4 is 17.9 Å². The van der Waals surface area contributed by atoms with Gasteiger partial charge in [-0.15, -0.1) is 0 Å². The lowest BCUT2D eigenvalue weighted by Crippen LogP contribution is -2.31. The van der Waals surface area contributed by atoms with Crippen LogP contribution in [0.15, 0.2) is 84.9 Å². The molecular weight excluding hydrogens is 532 g/mol. The Kier molecular flexibility index (Phi) is 8.15. The van der Waals surface area contributed by atoms with Gasteiger partial charge in [0.2, 0.25) is 11.8 Å². The first-order valence-corrected chi connectivity index (χ1v) is 13.6. The molecule has 2 atom stereocenters. The Morgan fingerprint density at radius 2 is 1.38 bits per heavy atom. The number of aromatic hydroxyl groups is 3. The second-order valence-electron chi connectivity index (χ2n) is 10.5. The SMILES string of the molecule is Cc1ccc(CNC(=O)/C=C/c2cc(O)c3c(c2)[C@@H](C(=O)NCc2ccc(C)cc2)[C@H](c2ccc(O)c(O)c2)O3)cc1. The molecule has 0 fully saturated rings. The molecule has 0 aliphatic carbocycles. The predicted molar refractivity (Wildman–Crippen MR) is 159 cm³/mol. The number of rotatable bonds is 8. The summed E-state index contributed by atoms with van der Waals surface area (Å²) >= 11 is 0. The summed E-state index contributed by atoms with van der Waals surface area (Å²) in [5.74, 6) is -2.23. The minimum absolute atomic E-state index is 0.143. The van der Waals surface area contributed by atoms with Gasteiger partial charge in [0, 0.05) is 24.7 Å². The summed E-state index contributed by atoms with van der Waals surface area (Å²) in [7, 11) is 0. The van der Waals surface area contributed by atoms with Gasteiger partial charge < -0.3 is 30.7 Å². The smallest absolute Gasteiger partial charge is 0.244 e. The average molecular weight is 565 g/mol. The predicted octanol–water partition coefficient (Wildman–Crippen LogP) is 5.28. The first-order chi connectivity index (χ1) is 20.2. The molecule has 0 saturated heterocycles. The van der Waals surface area contributed by atoms with Crippen LogP contribution in [0.25, 0.3) is 6.08 Å². The highest BCUT2D eigenvalue weighted by molar-refractivity contribution is 5.92. The molecule has 4 aromatic rings. The zero-order chi connectivity index (χ0) is 29.8. The number of phenolic OH excluding ortho intramolecular Hbond substituents is 3. The second kappa shape index (κ2) is 12.1. The van der Waals surface area contributed by atoms with Crippen LogP contribution in [0.3, 0.4) is 0 Å². The number of fused-ring (bicyclic) bond motifs is 1. The van der Waals surface area contributed by atoms with Crippen molar-refractivity contribution in [3.8, 4) is 23.0 Å². The van der Waals surface area contributed by atoms with Crippen LogP contribution < -0.4 is 15.4 Å². The highest BCUT2D eigenvalue weighted by Crippen LogP contribution is 2.51. The Balaban J connectivity index is 1.39. The van der Waals surface area contributed by atoms with Crippen molar-refractivity contribution in [3.63, 3.8) is 0 Å². The molecular formula is C34H32N2O6. The monoisotopic (exact) mass is 564 g/mol. The zero-order valence-electron chi connectivity index (χ0n) is 23.3. The largest absolute Gasteiger partial charge is 0.504 e. The standard InChI is InChI=1S/C34H32N2O6/c1-20-3-7-22(8-4-20)18-35-30(40)14-11-24-15-26-31(34(41)36-19-23-9-5-21(2)6-10-23)32(42-33(26)29(39)16-24)25-12-13-27(37)28(38)17-25/h3-17,31-32,37-39H,18-19H2,1-2H3,(H,35,40)(H,36,41)/b14-11+/t31-,32+/m1/s1. The van der Waals surface area contributed by atoms with E-state index in [4.69, 9.17) is 4.74 Å². The number of hydrogen-bond acceptors (Lipinski definition) is 6. The number of hydrogen-bond donors (Lipinski definition) is 5. The molecule has 214 valence electrons. The normalized spacial score (nSPS) is 15.7. The number of amides is 2. The summed E-state index contributed by atoms with van der Waals surface area (Å²) < 4.78 is 6.09. The minimum Gasteiger partial charge on any atom is -0.504 e. The molecule has 0 unspecified atom stereocenters. The Hall–Kier alpha value is -5.24. The summed E-state index contributed by atoms with van der Waals surface area (Å²) in [5, 5.41) is 36.6. The van der Waals surface area contributed by atoms with Gasteiger partial charge in [-0.05, 0) is 66.4 Å². The van der Waals surface area contributed by atoms with Crippen molar-refractivity contribution in [3.05, 3.63) is 124 Å². The molecule has 1 heterocycles. The quantitative estimate of drug-likeness (QED) is 0.146. The van der Waals surface area contributed by atoms with E-state index < -0.39 is 12.0 Å². The average Bonchev–Trinajstić information content (AvgIpc) is 3.37. The lowest BCUT2D eigenvalue weighted by atomic mass is 9.89. The first kappa shape index (κ1) is 28.3. The van der Waals surface area contributed by atoms with E-state index in [1.807, 2.05) is 62.4 Å². The molecule has 2 amide bonds. The molecule has 0 aromatic heterocycles. The Morgan fingerprint density at radius 3 is 2.00 bits per heavy atom. The number of carbonyl (C=O) groups excluding carboxylic acids is 2. The van der Waals surface area contributed by atoms with Gasteiger partial charge in [0.25, 0.3) is 0 Å². The van der Waals surface area contributed by atoms with Crippen LogP contribution in [0.5, 0.6) is 23.0 Å². The van der Waals surface area contributed by atoms with Crippen molar-refractivity contribution in [2.24, 2.45) is 0 Å². The van der Waals surface area contributed by atoms with Crippen LogP contribution in [0.1, 0.15) is 51.0 Å². The van der Waals surface area contributed by atoms with E-state index in [2.05, 4.69) is 10.6 Å². The maximum atomic E-state index is 13.6. The summed E-state index contributed by atoms with van der Waals surface area (Å²) in [5.41, 5.74) is 5.53. The highest BCUT2D eigenvalue weighted by Gasteiger charge is 2.42. The first-order valence-electron chi connectivity index (χ1n) is 13.6. The molecule has 42 heavy (non-hydrogen) atoms. The van der Waals surface area contributed by atoms with Gasteiger partial charge in [0.1, 0.15) is 12.0 Å². The Labute approximate surface area is 243 Å². The van der Waals surface area contributed by atoms with Crippen molar-refractivity contribution in [2.45, 2.75) is 39.0 Å². The fourth-order valence-electron chi connectivity index (χ4n) is 4.86. The molecule has 0 saturated carbocycles. The molecule has 5 rings (SSSR count). The molecule has 0 bridgehead atoms. The van der Waals surface area contributed by atoms with Gasteiger partial charge >= 0.3 is 0 Å². The molecule has 1 aliphatic heterocycles. The molecule has 8 heteroatoms. The fourth-order valence-corrected chi connectivity index (χ4v) is 4.86. The summed E-state index contributed by atoms with van der Waals surface area (Å²) in [6.07, 6.45) is 2.05. The fraction of sp³-hybridized carbons (Fsp3) is 0.176. The molecule has 0 spiro atoms. The second-order valence-corrected chi connectivity index (χ2v) is 10.5. The third-order valence-corrected chi connectivity index (χ3v) is 7.22. The van der Waals surface area contributed by atoms with Gasteiger partial charge in [-0.1, -0.05) is 65.7 Å². The van der Waals surface area contributed by atoms with E-state index in [-0.39, 0.29) is 41.4 Å². The van der Waals surface area contributed by atoms with Crippen LogP contribution in [-0.2, 0) is 22.7 Å². The van der Waals surface area contributed by atoms with E-state index in [0.29, 0.717) is 23.2 Å². The van der Waals surface area contributed by atoms with Crippen LogP contribution >= 0.6 is 0 Å². The van der Waals surface area contributed by atoms with E-state index in [1.54, 1.807) is 18.2 Å². The van der Waals surface area contributed by atoms with Crippen molar-refractivity contribution in [2.75, 3.05) is 0 Å². The topological polar surface area (TPSA) is 128 Å². The molecule has 8 nitrogen and oxygen atoms in total.